The van der Waals surface area contributed by atoms with Crippen LogP contribution in [0.1, 0.15) is 18.4 Å². The van der Waals surface area contributed by atoms with E-state index in [2.05, 4.69) is 10.1 Å². The van der Waals surface area contributed by atoms with E-state index < -0.39 is 5.82 Å². The van der Waals surface area contributed by atoms with Crippen molar-refractivity contribution in [3.8, 4) is 0 Å². The van der Waals surface area contributed by atoms with Gasteiger partial charge < -0.3 is 25.7 Å². The second-order valence-electron chi connectivity index (χ2n) is 4.93. The molecule has 0 unspecified atom stereocenters. The lowest BCUT2D eigenvalue weighted by atomic mass is 10.0. The minimum Gasteiger partial charge on any atom is -0.409 e. The van der Waals surface area contributed by atoms with E-state index in [9.17, 15) is 4.39 Å². The molecule has 0 bridgehead atoms. The summed E-state index contributed by atoms with van der Waals surface area (Å²) in [4.78, 5) is 2.06. The van der Waals surface area contributed by atoms with Gasteiger partial charge in [0.1, 0.15) is 5.82 Å². The molecule has 1 aliphatic heterocycles. The number of benzene rings is 1. The summed E-state index contributed by atoms with van der Waals surface area (Å²) in [5.74, 6) is -0.537. The molecule has 7 heteroatoms. The van der Waals surface area contributed by atoms with E-state index in [0.717, 1.165) is 31.6 Å². The molecular formula is C14H20FN3O3. The summed E-state index contributed by atoms with van der Waals surface area (Å²) >= 11 is 0. The molecule has 116 valence electrons. The van der Waals surface area contributed by atoms with Crippen molar-refractivity contribution in [2.75, 3.05) is 31.2 Å². The summed E-state index contributed by atoms with van der Waals surface area (Å²) in [7, 11) is 0. The van der Waals surface area contributed by atoms with Crippen molar-refractivity contribution in [2.45, 2.75) is 18.9 Å². The number of nitrogens with zero attached hydrogens (tertiary/aromatic N) is 2. The molecule has 0 aromatic heterocycles. The van der Waals surface area contributed by atoms with Crippen LogP contribution in [0, 0.1) is 5.82 Å². The molecule has 1 aromatic carbocycles. The first-order valence-corrected chi connectivity index (χ1v) is 6.90. The normalized spacial score (nSPS) is 17.2. The topological polar surface area (TPSA) is 91.3 Å². The number of aliphatic hydroxyl groups is 1. The predicted molar refractivity (Wildman–Crippen MR) is 77.2 cm³/mol. The molecule has 1 aromatic rings. The fraction of sp³-hybridized carbons (Fsp3) is 0.500. The minimum absolute atomic E-state index is 0.0197. The maximum Gasteiger partial charge on any atom is 0.172 e. The van der Waals surface area contributed by atoms with E-state index in [4.69, 9.17) is 20.8 Å². The number of halogens is 1. The number of piperidine rings is 1. The summed E-state index contributed by atoms with van der Waals surface area (Å²) < 4.78 is 18.9. The molecule has 0 aliphatic carbocycles. The Hall–Kier alpha value is -1.86. The molecule has 4 N–H and O–H groups in total. The van der Waals surface area contributed by atoms with E-state index in [1.807, 2.05) is 0 Å². The number of hydrogen-bond acceptors (Lipinski definition) is 5. The summed E-state index contributed by atoms with van der Waals surface area (Å²) in [6.07, 6.45) is 1.75. The van der Waals surface area contributed by atoms with Crippen LogP contribution < -0.4 is 10.6 Å². The number of aliphatic hydroxyl groups excluding tert-OH is 1. The molecule has 2 rings (SSSR count). The lowest BCUT2D eigenvalue weighted by molar-refractivity contribution is 0.0159. The lowest BCUT2D eigenvalue weighted by Crippen LogP contribution is -2.38. The zero-order valence-corrected chi connectivity index (χ0v) is 11.7. The van der Waals surface area contributed by atoms with Gasteiger partial charge in [-0.2, -0.15) is 0 Å². The van der Waals surface area contributed by atoms with Gasteiger partial charge in [-0.3, -0.25) is 0 Å². The molecule has 0 saturated carbocycles. The van der Waals surface area contributed by atoms with Gasteiger partial charge in [0.25, 0.3) is 0 Å². The molecule has 1 aliphatic rings. The summed E-state index contributed by atoms with van der Waals surface area (Å²) in [6.45, 7) is 1.82. The van der Waals surface area contributed by atoms with E-state index in [1.165, 1.54) is 12.1 Å². The van der Waals surface area contributed by atoms with Crippen molar-refractivity contribution in [1.29, 1.82) is 0 Å². The summed E-state index contributed by atoms with van der Waals surface area (Å²) in [6, 6.07) is 4.26. The van der Waals surface area contributed by atoms with Gasteiger partial charge in [-0.05, 0) is 31.0 Å². The molecule has 0 amide bonds. The molecule has 1 fully saturated rings. The average Bonchev–Trinajstić information content (AvgIpc) is 2.52. The highest BCUT2D eigenvalue weighted by Gasteiger charge is 2.22. The zero-order valence-electron chi connectivity index (χ0n) is 11.7. The van der Waals surface area contributed by atoms with Gasteiger partial charge in [-0.1, -0.05) is 5.16 Å². The fourth-order valence-corrected chi connectivity index (χ4v) is 2.53. The van der Waals surface area contributed by atoms with Crippen LogP contribution >= 0.6 is 0 Å². The zero-order chi connectivity index (χ0) is 15.2. The van der Waals surface area contributed by atoms with Crippen molar-refractivity contribution < 1.29 is 19.4 Å². The van der Waals surface area contributed by atoms with Gasteiger partial charge in [0.2, 0.25) is 0 Å². The first-order chi connectivity index (χ1) is 10.2. The van der Waals surface area contributed by atoms with E-state index in [1.54, 1.807) is 6.07 Å². The maximum absolute atomic E-state index is 13.4. The number of nitrogens with two attached hydrogens (primary N) is 1. The number of amidine groups is 1. The third-order valence-electron chi connectivity index (χ3n) is 3.57. The monoisotopic (exact) mass is 297 g/mol. The molecule has 0 spiro atoms. The standard InChI is InChI=1S/C14H20FN3O3/c15-10-1-2-13(12(9-10)14(16)17-20)18-5-3-11(4-6-18)21-8-7-19/h1-2,9,11,19-20H,3-8H2,(H2,16,17). The number of hydrogen-bond donors (Lipinski definition) is 3. The Kier molecular flexibility index (Phi) is 5.35. The van der Waals surface area contributed by atoms with Gasteiger partial charge >= 0.3 is 0 Å². The third-order valence-corrected chi connectivity index (χ3v) is 3.57. The summed E-state index contributed by atoms with van der Waals surface area (Å²) in [5.41, 5.74) is 6.74. The molecule has 21 heavy (non-hydrogen) atoms. The Morgan fingerprint density at radius 1 is 1.43 bits per heavy atom. The SMILES string of the molecule is N/C(=N/O)c1cc(F)ccc1N1CCC(OCCO)CC1. The van der Waals surface area contributed by atoms with E-state index >= 15 is 0 Å². The van der Waals surface area contributed by atoms with Crippen molar-refractivity contribution >= 4 is 11.5 Å². The van der Waals surface area contributed by atoms with Crippen LogP contribution in [-0.4, -0.2) is 48.6 Å². The van der Waals surface area contributed by atoms with Crippen LogP contribution in [0.25, 0.3) is 0 Å². The van der Waals surface area contributed by atoms with Crippen LogP contribution in [0.3, 0.4) is 0 Å². The Morgan fingerprint density at radius 2 is 2.14 bits per heavy atom. The predicted octanol–water partition coefficient (Wildman–Crippen LogP) is 0.898. The van der Waals surface area contributed by atoms with Crippen molar-refractivity contribution in [2.24, 2.45) is 10.9 Å². The molecule has 0 atom stereocenters. The van der Waals surface area contributed by atoms with Crippen molar-refractivity contribution in [3.05, 3.63) is 29.6 Å². The van der Waals surface area contributed by atoms with Crippen LogP contribution in [0.4, 0.5) is 10.1 Å². The minimum atomic E-state index is -0.429. The van der Waals surface area contributed by atoms with Crippen molar-refractivity contribution in [1.82, 2.24) is 0 Å². The van der Waals surface area contributed by atoms with E-state index in [-0.39, 0.29) is 18.5 Å². The van der Waals surface area contributed by atoms with Gasteiger partial charge in [0.05, 0.1) is 19.3 Å². The molecule has 1 heterocycles. The van der Waals surface area contributed by atoms with E-state index in [0.29, 0.717) is 12.2 Å². The quantitative estimate of drug-likeness (QED) is 0.325. The largest absolute Gasteiger partial charge is 0.409 e. The first kappa shape index (κ1) is 15.5. The Labute approximate surface area is 122 Å². The number of ether oxygens (including phenoxy) is 1. The molecule has 6 nitrogen and oxygen atoms in total. The highest BCUT2D eigenvalue weighted by Crippen LogP contribution is 2.26. The van der Waals surface area contributed by atoms with Gasteiger partial charge in [-0.25, -0.2) is 4.39 Å². The third kappa shape index (κ3) is 3.83. The number of rotatable bonds is 5. The van der Waals surface area contributed by atoms with Crippen LogP contribution in [-0.2, 0) is 4.74 Å². The Balaban J connectivity index is 2.10. The maximum atomic E-state index is 13.4. The van der Waals surface area contributed by atoms with Crippen molar-refractivity contribution in [3.63, 3.8) is 0 Å². The van der Waals surface area contributed by atoms with Gasteiger partial charge in [0, 0.05) is 24.3 Å². The second kappa shape index (κ2) is 7.24. The Bertz CT molecular complexity index is 502. The van der Waals surface area contributed by atoms with Gasteiger partial charge in [0.15, 0.2) is 5.84 Å². The van der Waals surface area contributed by atoms with Crippen LogP contribution in [0.5, 0.6) is 0 Å². The number of oxime groups is 1. The smallest absolute Gasteiger partial charge is 0.172 e. The molecular weight excluding hydrogens is 277 g/mol. The second-order valence-corrected chi connectivity index (χ2v) is 4.93. The molecule has 1 saturated heterocycles. The van der Waals surface area contributed by atoms with Gasteiger partial charge in [-0.15, -0.1) is 0 Å². The highest BCUT2D eigenvalue weighted by molar-refractivity contribution is 6.02. The van der Waals surface area contributed by atoms with Crippen LogP contribution in [0.2, 0.25) is 0 Å². The Morgan fingerprint density at radius 3 is 2.76 bits per heavy atom. The lowest BCUT2D eigenvalue weighted by Gasteiger charge is -2.34. The summed E-state index contributed by atoms with van der Waals surface area (Å²) in [5, 5.41) is 20.5. The first-order valence-electron chi connectivity index (χ1n) is 6.90. The molecule has 0 radical (unpaired) electrons. The fourth-order valence-electron chi connectivity index (χ4n) is 2.53. The van der Waals surface area contributed by atoms with Crippen LogP contribution in [0.15, 0.2) is 23.4 Å². The highest BCUT2D eigenvalue weighted by atomic mass is 19.1. The number of anilines is 1. The average molecular weight is 297 g/mol.